The summed E-state index contributed by atoms with van der Waals surface area (Å²) in [6.45, 7) is 0. The molecule has 0 radical (unpaired) electrons. The molecular weight excluding hydrogens is 223 g/mol. The zero-order valence-corrected chi connectivity index (χ0v) is 8.47. The van der Waals surface area contributed by atoms with Gasteiger partial charge in [-0.25, -0.2) is 0 Å². The first-order chi connectivity index (χ1) is 7.40. The summed E-state index contributed by atoms with van der Waals surface area (Å²) in [5.74, 6) is -0.599. The number of carbonyl (C=O) groups is 1. The smallest absolute Gasteiger partial charge is 0.406 e. The van der Waals surface area contributed by atoms with E-state index in [2.05, 4.69) is 10.1 Å². The van der Waals surface area contributed by atoms with Gasteiger partial charge in [0.1, 0.15) is 5.75 Å². The number of ether oxygens (including phenoxy) is 1. The number of halogens is 3. The first-order valence-corrected chi connectivity index (χ1v) is 4.46. The van der Waals surface area contributed by atoms with Crippen molar-refractivity contribution in [3.05, 3.63) is 29.8 Å². The van der Waals surface area contributed by atoms with Gasteiger partial charge in [-0.05, 0) is 17.7 Å². The SMILES string of the molecule is CNC(=O)Cc1cccc(OC(F)(F)F)c1. The van der Waals surface area contributed by atoms with E-state index in [4.69, 9.17) is 0 Å². The van der Waals surface area contributed by atoms with Crippen molar-refractivity contribution in [3.63, 3.8) is 0 Å². The number of amides is 1. The highest BCUT2D eigenvalue weighted by Crippen LogP contribution is 2.23. The number of hydrogen-bond donors (Lipinski definition) is 1. The number of nitrogens with one attached hydrogen (secondary N) is 1. The summed E-state index contributed by atoms with van der Waals surface area (Å²) in [5, 5.41) is 2.38. The molecule has 1 aromatic rings. The number of alkyl halides is 3. The number of likely N-dealkylation sites (N-methyl/N-ethyl adjacent to an activating group) is 1. The Morgan fingerprint density at radius 2 is 2.12 bits per heavy atom. The second kappa shape index (κ2) is 4.87. The van der Waals surface area contributed by atoms with Crippen molar-refractivity contribution >= 4 is 5.91 Å². The van der Waals surface area contributed by atoms with Gasteiger partial charge in [0.25, 0.3) is 0 Å². The molecule has 1 aromatic carbocycles. The van der Waals surface area contributed by atoms with Gasteiger partial charge in [-0.2, -0.15) is 0 Å². The van der Waals surface area contributed by atoms with E-state index in [1.54, 1.807) is 6.07 Å². The molecule has 16 heavy (non-hydrogen) atoms. The van der Waals surface area contributed by atoms with Crippen molar-refractivity contribution in [2.24, 2.45) is 0 Å². The Balaban J connectivity index is 2.75. The minimum atomic E-state index is -4.72. The van der Waals surface area contributed by atoms with Gasteiger partial charge in [-0.15, -0.1) is 13.2 Å². The summed E-state index contributed by atoms with van der Waals surface area (Å²) < 4.78 is 39.4. The van der Waals surface area contributed by atoms with Crippen molar-refractivity contribution in [2.75, 3.05) is 7.05 Å². The second-order valence-corrected chi connectivity index (χ2v) is 3.05. The molecule has 0 aliphatic carbocycles. The molecule has 0 aliphatic rings. The summed E-state index contributed by atoms with van der Waals surface area (Å²) in [7, 11) is 1.46. The number of hydrogen-bond acceptors (Lipinski definition) is 2. The highest BCUT2D eigenvalue weighted by atomic mass is 19.4. The van der Waals surface area contributed by atoms with E-state index >= 15 is 0 Å². The molecule has 0 atom stereocenters. The maximum Gasteiger partial charge on any atom is 0.573 e. The average Bonchev–Trinajstić information content (AvgIpc) is 2.15. The minimum Gasteiger partial charge on any atom is -0.406 e. The number of benzene rings is 1. The first kappa shape index (κ1) is 12.4. The molecule has 6 heteroatoms. The van der Waals surface area contributed by atoms with Crippen molar-refractivity contribution in [3.8, 4) is 5.75 Å². The maximum absolute atomic E-state index is 11.9. The molecule has 88 valence electrons. The van der Waals surface area contributed by atoms with E-state index in [9.17, 15) is 18.0 Å². The summed E-state index contributed by atoms with van der Waals surface area (Å²) in [4.78, 5) is 11.0. The highest BCUT2D eigenvalue weighted by Gasteiger charge is 2.31. The quantitative estimate of drug-likeness (QED) is 0.865. The van der Waals surface area contributed by atoms with Gasteiger partial charge in [0.2, 0.25) is 5.91 Å². The Kier molecular flexibility index (Phi) is 3.76. The van der Waals surface area contributed by atoms with Gasteiger partial charge in [-0.1, -0.05) is 12.1 Å². The Labute approximate surface area is 90.2 Å². The van der Waals surface area contributed by atoms with Crippen molar-refractivity contribution in [1.82, 2.24) is 5.32 Å². The van der Waals surface area contributed by atoms with E-state index in [-0.39, 0.29) is 18.1 Å². The van der Waals surface area contributed by atoms with Crippen LogP contribution in [0.2, 0.25) is 0 Å². The standard InChI is InChI=1S/C10H10F3NO2/c1-14-9(15)6-7-3-2-4-8(5-7)16-10(11,12)13/h2-5H,6H2,1H3,(H,14,15). The van der Waals surface area contributed by atoms with Crippen LogP contribution in [0.5, 0.6) is 5.75 Å². The van der Waals surface area contributed by atoms with Crippen LogP contribution >= 0.6 is 0 Å². The predicted octanol–water partition coefficient (Wildman–Crippen LogP) is 1.87. The average molecular weight is 233 g/mol. The van der Waals surface area contributed by atoms with E-state index in [0.717, 1.165) is 0 Å². The lowest BCUT2D eigenvalue weighted by molar-refractivity contribution is -0.274. The Hall–Kier alpha value is -1.72. The normalized spacial score (nSPS) is 11.0. The number of rotatable bonds is 3. The Morgan fingerprint density at radius 3 is 2.69 bits per heavy atom. The van der Waals surface area contributed by atoms with E-state index in [1.807, 2.05) is 0 Å². The molecule has 0 unspecified atom stereocenters. The van der Waals surface area contributed by atoms with E-state index in [0.29, 0.717) is 5.56 Å². The van der Waals surface area contributed by atoms with Crippen molar-refractivity contribution < 1.29 is 22.7 Å². The number of carbonyl (C=O) groups excluding carboxylic acids is 1. The fraction of sp³-hybridized carbons (Fsp3) is 0.300. The van der Waals surface area contributed by atoms with Crippen LogP contribution in [0.4, 0.5) is 13.2 Å². The molecular formula is C10H10F3NO2. The van der Waals surface area contributed by atoms with Crippen LogP contribution in [0.25, 0.3) is 0 Å². The third kappa shape index (κ3) is 4.20. The summed E-state index contributed by atoms with van der Waals surface area (Å²) >= 11 is 0. The third-order valence-electron chi connectivity index (χ3n) is 1.78. The lowest BCUT2D eigenvalue weighted by Gasteiger charge is -2.09. The first-order valence-electron chi connectivity index (χ1n) is 4.46. The fourth-order valence-electron chi connectivity index (χ4n) is 1.13. The molecule has 1 N–H and O–H groups in total. The zero-order chi connectivity index (χ0) is 12.2. The molecule has 0 saturated heterocycles. The van der Waals surface area contributed by atoms with Crippen LogP contribution in [0.15, 0.2) is 24.3 Å². The Bertz CT molecular complexity index is 377. The molecule has 1 amide bonds. The molecule has 1 rings (SSSR count). The van der Waals surface area contributed by atoms with E-state index in [1.165, 1.54) is 25.2 Å². The topological polar surface area (TPSA) is 38.3 Å². The molecule has 0 fully saturated rings. The van der Waals surface area contributed by atoms with E-state index < -0.39 is 6.36 Å². The van der Waals surface area contributed by atoms with Gasteiger partial charge in [0.15, 0.2) is 0 Å². The lowest BCUT2D eigenvalue weighted by atomic mass is 10.1. The van der Waals surface area contributed by atoms with Crippen LogP contribution in [0, 0.1) is 0 Å². The molecule has 0 aromatic heterocycles. The van der Waals surface area contributed by atoms with Crippen molar-refractivity contribution in [2.45, 2.75) is 12.8 Å². The van der Waals surface area contributed by atoms with Crippen LogP contribution < -0.4 is 10.1 Å². The van der Waals surface area contributed by atoms with Gasteiger partial charge in [-0.3, -0.25) is 4.79 Å². The maximum atomic E-state index is 11.9. The van der Waals surface area contributed by atoms with Crippen LogP contribution in [0.1, 0.15) is 5.56 Å². The third-order valence-corrected chi connectivity index (χ3v) is 1.78. The van der Waals surface area contributed by atoms with Gasteiger partial charge >= 0.3 is 6.36 Å². The summed E-state index contributed by atoms with van der Waals surface area (Å²) in [5.41, 5.74) is 0.459. The highest BCUT2D eigenvalue weighted by molar-refractivity contribution is 5.78. The monoisotopic (exact) mass is 233 g/mol. The zero-order valence-electron chi connectivity index (χ0n) is 8.47. The Morgan fingerprint density at radius 1 is 1.44 bits per heavy atom. The molecule has 3 nitrogen and oxygen atoms in total. The molecule has 0 saturated carbocycles. The van der Waals surface area contributed by atoms with Crippen molar-refractivity contribution in [1.29, 1.82) is 0 Å². The van der Waals surface area contributed by atoms with Gasteiger partial charge in [0, 0.05) is 7.05 Å². The molecule has 0 aliphatic heterocycles. The van der Waals surface area contributed by atoms with Crippen LogP contribution in [0.3, 0.4) is 0 Å². The largest absolute Gasteiger partial charge is 0.573 e. The van der Waals surface area contributed by atoms with Crippen LogP contribution in [-0.2, 0) is 11.2 Å². The molecule has 0 spiro atoms. The lowest BCUT2D eigenvalue weighted by Crippen LogP contribution is -2.20. The summed E-state index contributed by atoms with van der Waals surface area (Å²) in [6, 6.07) is 5.32. The second-order valence-electron chi connectivity index (χ2n) is 3.05. The van der Waals surface area contributed by atoms with Crippen LogP contribution in [-0.4, -0.2) is 19.3 Å². The fourth-order valence-corrected chi connectivity index (χ4v) is 1.13. The molecule has 0 bridgehead atoms. The minimum absolute atomic E-state index is 0.0194. The predicted molar refractivity (Wildman–Crippen MR) is 50.9 cm³/mol. The van der Waals surface area contributed by atoms with Gasteiger partial charge < -0.3 is 10.1 Å². The summed E-state index contributed by atoms with van der Waals surface area (Å²) in [6.07, 6.45) is -4.70. The van der Waals surface area contributed by atoms with Gasteiger partial charge in [0.05, 0.1) is 6.42 Å². The molecule has 0 heterocycles.